The first-order chi connectivity index (χ1) is 18.2. The van der Waals surface area contributed by atoms with Gasteiger partial charge in [0.05, 0.1) is 22.8 Å². The van der Waals surface area contributed by atoms with Crippen molar-refractivity contribution < 1.29 is 28.6 Å². The van der Waals surface area contributed by atoms with Crippen molar-refractivity contribution in [3.63, 3.8) is 0 Å². The number of aromatic carboxylic acids is 2. The normalized spacial score (nSPS) is 15.4. The molecule has 2 heterocycles. The highest BCUT2D eigenvalue weighted by Crippen LogP contribution is 2.30. The molecule has 8 nitrogen and oxygen atoms in total. The molecule has 192 valence electrons. The van der Waals surface area contributed by atoms with Crippen LogP contribution in [0.25, 0.3) is 16.6 Å². The third kappa shape index (κ3) is 4.75. The summed E-state index contributed by atoms with van der Waals surface area (Å²) in [4.78, 5) is 41.9. The van der Waals surface area contributed by atoms with Crippen LogP contribution in [0.3, 0.4) is 0 Å². The topological polar surface area (TPSA) is 112 Å². The molecule has 0 saturated carbocycles. The van der Waals surface area contributed by atoms with Crippen LogP contribution >= 0.6 is 0 Å². The maximum absolute atomic E-state index is 15.3. The number of halogens is 2. The van der Waals surface area contributed by atoms with E-state index in [1.807, 2.05) is 0 Å². The highest BCUT2D eigenvalue weighted by molar-refractivity contribution is 5.94. The van der Waals surface area contributed by atoms with Crippen molar-refractivity contribution in [3.8, 4) is 5.69 Å². The van der Waals surface area contributed by atoms with Gasteiger partial charge in [-0.3, -0.25) is 9.79 Å². The van der Waals surface area contributed by atoms with Gasteiger partial charge in [0, 0.05) is 36.6 Å². The largest absolute Gasteiger partial charge is 0.478 e. The van der Waals surface area contributed by atoms with E-state index in [9.17, 15) is 23.9 Å². The highest BCUT2D eigenvalue weighted by Gasteiger charge is 2.26. The van der Waals surface area contributed by atoms with Crippen LogP contribution in [0.2, 0.25) is 0 Å². The Hall–Kier alpha value is -4.86. The summed E-state index contributed by atoms with van der Waals surface area (Å²) in [6, 6.07) is 14.0. The third-order valence-corrected chi connectivity index (χ3v) is 6.50. The molecule has 38 heavy (non-hydrogen) atoms. The van der Waals surface area contributed by atoms with Crippen LogP contribution in [-0.4, -0.2) is 52.1 Å². The van der Waals surface area contributed by atoms with Crippen LogP contribution in [0.5, 0.6) is 0 Å². The van der Waals surface area contributed by atoms with Gasteiger partial charge in [-0.2, -0.15) is 0 Å². The molecule has 1 fully saturated rings. The Balaban J connectivity index is 1.48. The summed E-state index contributed by atoms with van der Waals surface area (Å²) >= 11 is 0. The number of benzene rings is 3. The maximum atomic E-state index is 15.3. The predicted octanol–water partition coefficient (Wildman–Crippen LogP) is 4.36. The quantitative estimate of drug-likeness (QED) is 0.368. The minimum atomic E-state index is -1.45. The first-order valence-electron chi connectivity index (χ1n) is 11.7. The number of aromatic nitrogens is 1. The van der Waals surface area contributed by atoms with Crippen molar-refractivity contribution in [1.82, 2.24) is 4.57 Å². The summed E-state index contributed by atoms with van der Waals surface area (Å²) in [5.41, 5.74) is 0.510. The van der Waals surface area contributed by atoms with Crippen molar-refractivity contribution in [2.24, 2.45) is 4.99 Å². The summed E-state index contributed by atoms with van der Waals surface area (Å²) in [6.07, 6.45) is 3.45. The van der Waals surface area contributed by atoms with Gasteiger partial charge in [0.1, 0.15) is 17.2 Å². The zero-order valence-electron chi connectivity index (χ0n) is 19.8. The van der Waals surface area contributed by atoms with Crippen molar-refractivity contribution in [1.29, 1.82) is 0 Å². The molecule has 1 aliphatic rings. The number of nitrogens with zero attached hydrogens (tertiary/aromatic N) is 3. The molecule has 0 aliphatic carbocycles. The second-order valence-electron chi connectivity index (χ2n) is 8.94. The third-order valence-electron chi connectivity index (χ3n) is 6.50. The lowest BCUT2D eigenvalue weighted by Gasteiger charge is -2.21. The lowest BCUT2D eigenvalue weighted by Crippen LogP contribution is -2.23. The Labute approximate surface area is 214 Å². The summed E-state index contributed by atoms with van der Waals surface area (Å²) in [7, 11) is 0. The van der Waals surface area contributed by atoms with Gasteiger partial charge in [-0.1, -0.05) is 12.1 Å². The number of carboxylic acid groups (broad SMARTS) is 2. The fourth-order valence-electron chi connectivity index (χ4n) is 4.53. The van der Waals surface area contributed by atoms with Gasteiger partial charge in [-0.15, -0.1) is 0 Å². The van der Waals surface area contributed by atoms with E-state index in [4.69, 9.17) is 5.11 Å². The van der Waals surface area contributed by atoms with E-state index in [-0.39, 0.29) is 28.2 Å². The summed E-state index contributed by atoms with van der Waals surface area (Å²) in [5.74, 6) is -3.61. The molecule has 3 aromatic carbocycles. The average Bonchev–Trinajstić information content (AvgIpc) is 3.37. The van der Waals surface area contributed by atoms with Gasteiger partial charge in [-0.25, -0.2) is 18.4 Å². The van der Waals surface area contributed by atoms with Gasteiger partial charge < -0.3 is 19.7 Å². The molecule has 1 unspecified atom stereocenters. The Morgan fingerprint density at radius 2 is 1.68 bits per heavy atom. The molecule has 1 saturated heterocycles. The SMILES string of the molecule is O=C(O)c1ccc(C=NC2CCN(c3cc4c(cc3F)c(=O)c(C(=O)O)cn4-c3ccc(F)cc3)C2)cc1. The summed E-state index contributed by atoms with van der Waals surface area (Å²) in [5, 5.41) is 18.4. The number of fused-ring (bicyclic) bond motifs is 1. The first kappa shape index (κ1) is 24.8. The number of anilines is 1. The van der Waals surface area contributed by atoms with E-state index in [0.29, 0.717) is 25.2 Å². The molecule has 0 spiro atoms. The molecule has 0 bridgehead atoms. The van der Waals surface area contributed by atoms with Crippen LogP contribution in [0.1, 0.15) is 32.7 Å². The van der Waals surface area contributed by atoms with Crippen molar-refractivity contribution in [3.05, 3.63) is 105 Å². The maximum Gasteiger partial charge on any atom is 0.341 e. The van der Waals surface area contributed by atoms with Crippen LogP contribution in [0.15, 0.2) is 76.6 Å². The van der Waals surface area contributed by atoms with Crippen molar-refractivity contribution >= 4 is 34.7 Å². The van der Waals surface area contributed by atoms with E-state index in [0.717, 1.165) is 17.8 Å². The van der Waals surface area contributed by atoms with Crippen LogP contribution in [0.4, 0.5) is 14.5 Å². The van der Waals surface area contributed by atoms with E-state index < -0.39 is 34.6 Å². The Bertz CT molecular complexity index is 1650. The molecule has 1 atom stereocenters. The number of aliphatic imine (C=N–C) groups is 1. The van der Waals surface area contributed by atoms with E-state index >= 15 is 4.39 Å². The van der Waals surface area contributed by atoms with Gasteiger partial charge in [0.25, 0.3) is 0 Å². The molecule has 0 radical (unpaired) electrons. The van der Waals surface area contributed by atoms with Gasteiger partial charge in [-0.05, 0) is 60.5 Å². The summed E-state index contributed by atoms with van der Waals surface area (Å²) < 4.78 is 30.2. The molecule has 4 aromatic rings. The second-order valence-corrected chi connectivity index (χ2v) is 8.94. The number of rotatable bonds is 6. The number of hydrogen-bond acceptors (Lipinski definition) is 5. The molecule has 10 heteroatoms. The van der Waals surface area contributed by atoms with Crippen LogP contribution in [0, 0.1) is 11.6 Å². The molecule has 1 aromatic heterocycles. The van der Waals surface area contributed by atoms with Gasteiger partial charge >= 0.3 is 11.9 Å². The number of pyridine rings is 1. The molecule has 2 N–H and O–H groups in total. The standard InChI is InChI=1S/C28H21F2N3O5/c29-18-5-7-20(8-6-18)33-15-22(28(37)38)26(34)21-11-23(30)25(12-24(21)33)32-10-9-19(14-32)31-13-16-1-3-17(4-2-16)27(35)36/h1-8,11-13,15,19H,9-10,14H2,(H,35,36)(H,37,38). The van der Waals surface area contributed by atoms with Gasteiger partial charge in [0.2, 0.25) is 5.43 Å². The molecular weight excluding hydrogens is 496 g/mol. The number of hydrogen-bond donors (Lipinski definition) is 2. The number of carbonyl (C=O) groups is 2. The molecule has 5 rings (SSSR count). The first-order valence-corrected chi connectivity index (χ1v) is 11.7. The van der Waals surface area contributed by atoms with Crippen molar-refractivity contribution in [2.75, 3.05) is 18.0 Å². The van der Waals surface area contributed by atoms with Gasteiger partial charge in [0.15, 0.2) is 0 Å². The fourth-order valence-corrected chi connectivity index (χ4v) is 4.53. The van der Waals surface area contributed by atoms with Crippen LogP contribution in [-0.2, 0) is 0 Å². The lowest BCUT2D eigenvalue weighted by atomic mass is 10.1. The smallest absolute Gasteiger partial charge is 0.341 e. The minimum Gasteiger partial charge on any atom is -0.478 e. The Morgan fingerprint density at radius 1 is 0.974 bits per heavy atom. The lowest BCUT2D eigenvalue weighted by molar-refractivity contribution is 0.0685. The number of carboxylic acids is 2. The average molecular weight is 517 g/mol. The van der Waals surface area contributed by atoms with Crippen LogP contribution < -0.4 is 10.3 Å². The Morgan fingerprint density at radius 3 is 2.34 bits per heavy atom. The highest BCUT2D eigenvalue weighted by atomic mass is 19.1. The zero-order valence-corrected chi connectivity index (χ0v) is 19.8. The fraction of sp³-hybridized carbons (Fsp3) is 0.143. The molecule has 0 amide bonds. The molecule has 1 aliphatic heterocycles. The monoisotopic (exact) mass is 517 g/mol. The summed E-state index contributed by atoms with van der Waals surface area (Å²) in [6.45, 7) is 0.899. The Kier molecular flexibility index (Phi) is 6.46. The van der Waals surface area contributed by atoms with Crippen molar-refractivity contribution in [2.45, 2.75) is 12.5 Å². The zero-order chi connectivity index (χ0) is 27.0. The molecular formula is C28H21F2N3O5. The minimum absolute atomic E-state index is 0.103. The van der Waals surface area contributed by atoms with E-state index in [1.165, 1.54) is 47.0 Å². The van der Waals surface area contributed by atoms with E-state index in [2.05, 4.69) is 4.99 Å². The predicted molar refractivity (Wildman–Crippen MR) is 138 cm³/mol. The van der Waals surface area contributed by atoms with E-state index in [1.54, 1.807) is 23.2 Å². The second kappa shape index (κ2) is 9.89.